The first-order valence-electron chi connectivity index (χ1n) is 6.97. The van der Waals surface area contributed by atoms with Crippen molar-refractivity contribution in [2.24, 2.45) is 5.92 Å². The Labute approximate surface area is 112 Å². The van der Waals surface area contributed by atoms with Crippen molar-refractivity contribution in [2.45, 2.75) is 31.8 Å². The van der Waals surface area contributed by atoms with Gasteiger partial charge in [-0.2, -0.15) is 0 Å². The zero-order valence-electron chi connectivity index (χ0n) is 10.9. The van der Waals surface area contributed by atoms with E-state index >= 15 is 0 Å². The van der Waals surface area contributed by atoms with Gasteiger partial charge in [-0.05, 0) is 49.5 Å². The van der Waals surface area contributed by atoms with Crippen molar-refractivity contribution in [1.29, 1.82) is 0 Å². The minimum Gasteiger partial charge on any atom is -0.335 e. The van der Waals surface area contributed by atoms with Gasteiger partial charge in [0.05, 0.1) is 0 Å². The lowest BCUT2D eigenvalue weighted by atomic mass is 9.98. The third-order valence-electron chi connectivity index (χ3n) is 3.90. The van der Waals surface area contributed by atoms with Crippen LogP contribution in [0.4, 0.5) is 4.39 Å². The fourth-order valence-electron chi connectivity index (χ4n) is 2.45. The van der Waals surface area contributed by atoms with E-state index in [0.717, 1.165) is 31.5 Å². The minimum absolute atomic E-state index is 0.228. The molecule has 1 N–H and O–H groups in total. The number of carbonyl (C=O) groups is 1. The van der Waals surface area contributed by atoms with Crippen LogP contribution >= 0.6 is 0 Å². The first-order chi connectivity index (χ1) is 9.22. The summed E-state index contributed by atoms with van der Waals surface area (Å²) in [6.07, 6.45) is 2.86. The van der Waals surface area contributed by atoms with Gasteiger partial charge in [0, 0.05) is 19.0 Å². The van der Waals surface area contributed by atoms with Crippen molar-refractivity contribution in [3.05, 3.63) is 35.6 Å². The van der Waals surface area contributed by atoms with Crippen LogP contribution in [0, 0.1) is 11.7 Å². The summed E-state index contributed by atoms with van der Waals surface area (Å²) in [7, 11) is 0. The third-order valence-corrected chi connectivity index (χ3v) is 3.90. The number of nitrogens with zero attached hydrogens (tertiary/aromatic N) is 1. The number of benzene rings is 1. The number of hydrogen-bond acceptors (Lipinski definition) is 2. The summed E-state index contributed by atoms with van der Waals surface area (Å²) < 4.78 is 12.9. The van der Waals surface area contributed by atoms with Gasteiger partial charge in [0.25, 0.3) is 0 Å². The lowest BCUT2D eigenvalue weighted by molar-refractivity contribution is -0.133. The van der Waals surface area contributed by atoms with Crippen molar-refractivity contribution in [2.75, 3.05) is 13.1 Å². The smallest absolute Gasteiger partial charge is 0.223 e. The summed E-state index contributed by atoms with van der Waals surface area (Å²) in [6, 6.07) is 6.86. The van der Waals surface area contributed by atoms with Gasteiger partial charge in [0.1, 0.15) is 5.82 Å². The molecule has 1 aromatic carbocycles. The molecule has 19 heavy (non-hydrogen) atoms. The second-order valence-electron chi connectivity index (χ2n) is 5.61. The molecule has 3 nitrogen and oxygen atoms in total. The molecule has 1 saturated carbocycles. The fourth-order valence-corrected chi connectivity index (χ4v) is 2.45. The van der Waals surface area contributed by atoms with E-state index in [1.165, 1.54) is 12.1 Å². The second-order valence-corrected chi connectivity index (χ2v) is 5.61. The van der Waals surface area contributed by atoms with Gasteiger partial charge in [0.2, 0.25) is 5.91 Å². The second kappa shape index (κ2) is 5.29. The number of nitrogens with one attached hydrogen (secondary N) is 1. The lowest BCUT2D eigenvalue weighted by Gasteiger charge is -2.30. The predicted octanol–water partition coefficient (Wildman–Crippen LogP) is 1.93. The zero-order chi connectivity index (χ0) is 13.2. The molecule has 0 atom stereocenters. The van der Waals surface area contributed by atoms with Crippen LogP contribution in [0.5, 0.6) is 0 Å². The highest BCUT2D eigenvalue weighted by Crippen LogP contribution is 2.29. The molecule has 102 valence electrons. The molecule has 2 fully saturated rings. The normalized spacial score (nSPS) is 19.0. The monoisotopic (exact) mass is 262 g/mol. The molecular formula is C15H19FN2O. The third kappa shape index (κ3) is 3.13. The molecule has 0 aromatic heterocycles. The van der Waals surface area contributed by atoms with Crippen molar-refractivity contribution < 1.29 is 9.18 Å². The Morgan fingerprint density at radius 2 is 1.95 bits per heavy atom. The highest BCUT2D eigenvalue weighted by atomic mass is 19.1. The fraction of sp³-hybridized carbons (Fsp3) is 0.533. The lowest BCUT2D eigenvalue weighted by Crippen LogP contribution is -2.45. The Bertz CT molecular complexity index is 452. The Morgan fingerprint density at radius 1 is 1.26 bits per heavy atom. The molecule has 1 heterocycles. The van der Waals surface area contributed by atoms with Gasteiger partial charge in [-0.25, -0.2) is 4.39 Å². The molecule has 1 saturated heterocycles. The molecule has 0 spiro atoms. The van der Waals surface area contributed by atoms with Gasteiger partial charge in [-0.15, -0.1) is 0 Å². The first kappa shape index (κ1) is 12.6. The summed E-state index contributed by atoms with van der Waals surface area (Å²) >= 11 is 0. The maximum Gasteiger partial charge on any atom is 0.223 e. The summed E-state index contributed by atoms with van der Waals surface area (Å²) in [4.78, 5) is 14.3. The van der Waals surface area contributed by atoms with Crippen LogP contribution in [0.1, 0.15) is 24.8 Å². The molecular weight excluding hydrogens is 243 g/mol. The zero-order valence-corrected chi connectivity index (χ0v) is 10.9. The number of carbonyl (C=O) groups excluding carboxylic acids is 1. The standard InChI is InChI=1S/C15H19FN2O/c16-13-3-1-11(2-4-13)10-18(14-5-6-14)15(19)7-12-8-17-9-12/h1-4,12,14,17H,5-10H2. The number of amides is 1. The Kier molecular flexibility index (Phi) is 3.51. The topological polar surface area (TPSA) is 32.3 Å². The van der Waals surface area contributed by atoms with E-state index in [1.807, 2.05) is 4.90 Å². The molecule has 4 heteroatoms. The van der Waals surface area contributed by atoms with Gasteiger partial charge < -0.3 is 10.2 Å². The predicted molar refractivity (Wildman–Crippen MR) is 70.9 cm³/mol. The van der Waals surface area contributed by atoms with Crippen LogP contribution in [-0.2, 0) is 11.3 Å². The van der Waals surface area contributed by atoms with Gasteiger partial charge in [-0.1, -0.05) is 12.1 Å². The summed E-state index contributed by atoms with van der Waals surface area (Å²) in [5.41, 5.74) is 1.01. The molecule has 0 radical (unpaired) electrons. The molecule has 1 aliphatic carbocycles. The van der Waals surface area contributed by atoms with Crippen LogP contribution in [0.25, 0.3) is 0 Å². The minimum atomic E-state index is -0.228. The highest BCUT2D eigenvalue weighted by molar-refractivity contribution is 5.77. The van der Waals surface area contributed by atoms with Crippen LogP contribution in [0.2, 0.25) is 0 Å². The van der Waals surface area contributed by atoms with E-state index in [2.05, 4.69) is 5.32 Å². The maximum atomic E-state index is 12.9. The van der Waals surface area contributed by atoms with E-state index in [9.17, 15) is 9.18 Å². The molecule has 1 aromatic rings. The molecule has 1 aliphatic heterocycles. The Hall–Kier alpha value is -1.42. The van der Waals surface area contributed by atoms with Crippen molar-refractivity contribution >= 4 is 5.91 Å². The summed E-state index contributed by atoms with van der Waals surface area (Å²) in [5, 5.41) is 3.19. The Balaban J connectivity index is 1.63. The van der Waals surface area contributed by atoms with Crippen molar-refractivity contribution in [1.82, 2.24) is 10.2 Å². The summed E-state index contributed by atoms with van der Waals surface area (Å²) in [5.74, 6) is 0.522. The van der Waals surface area contributed by atoms with E-state index in [1.54, 1.807) is 12.1 Å². The van der Waals surface area contributed by atoms with Crippen LogP contribution in [0.3, 0.4) is 0 Å². The van der Waals surface area contributed by atoms with Crippen LogP contribution in [0.15, 0.2) is 24.3 Å². The van der Waals surface area contributed by atoms with E-state index in [0.29, 0.717) is 24.9 Å². The highest BCUT2D eigenvalue weighted by Gasteiger charge is 2.34. The Morgan fingerprint density at radius 3 is 2.47 bits per heavy atom. The van der Waals surface area contributed by atoms with Crippen LogP contribution in [-0.4, -0.2) is 29.9 Å². The molecule has 0 bridgehead atoms. The van der Waals surface area contributed by atoms with Crippen molar-refractivity contribution in [3.63, 3.8) is 0 Å². The molecule has 0 unspecified atom stereocenters. The van der Waals surface area contributed by atoms with Gasteiger partial charge in [-0.3, -0.25) is 4.79 Å². The van der Waals surface area contributed by atoms with E-state index in [4.69, 9.17) is 0 Å². The maximum absolute atomic E-state index is 12.9. The first-order valence-corrected chi connectivity index (χ1v) is 6.97. The number of rotatable bonds is 5. The molecule has 2 aliphatic rings. The number of halogens is 1. The average Bonchev–Trinajstić information content (AvgIpc) is 3.17. The van der Waals surface area contributed by atoms with Crippen LogP contribution < -0.4 is 5.32 Å². The van der Waals surface area contributed by atoms with Gasteiger partial charge in [0.15, 0.2) is 0 Å². The molecule has 3 rings (SSSR count). The quantitative estimate of drug-likeness (QED) is 0.879. The van der Waals surface area contributed by atoms with E-state index < -0.39 is 0 Å². The summed E-state index contributed by atoms with van der Waals surface area (Å²) in [6.45, 7) is 2.53. The van der Waals surface area contributed by atoms with E-state index in [-0.39, 0.29) is 11.7 Å². The SMILES string of the molecule is O=C(CC1CNC1)N(Cc1ccc(F)cc1)C1CC1. The van der Waals surface area contributed by atoms with Crippen molar-refractivity contribution in [3.8, 4) is 0 Å². The van der Waals surface area contributed by atoms with Gasteiger partial charge >= 0.3 is 0 Å². The largest absolute Gasteiger partial charge is 0.335 e. The number of hydrogen-bond donors (Lipinski definition) is 1. The molecule has 1 amide bonds. The average molecular weight is 262 g/mol.